The third-order valence-corrected chi connectivity index (χ3v) is 3.56. The van der Waals surface area contributed by atoms with Crippen LogP contribution in [0.1, 0.15) is 23.3 Å². The Morgan fingerprint density at radius 1 is 1.52 bits per heavy atom. The largest absolute Gasteiger partial charge is 0.395 e. The number of nitrogens with one attached hydrogen (secondary N) is 1. The molecule has 0 bridgehead atoms. The quantitative estimate of drug-likeness (QED) is 0.773. The molecule has 6 nitrogen and oxygen atoms in total. The second-order valence-electron chi connectivity index (χ2n) is 4.27. The van der Waals surface area contributed by atoms with Gasteiger partial charge >= 0.3 is 0 Å². The lowest BCUT2D eigenvalue weighted by Gasteiger charge is -2.03. The minimum Gasteiger partial charge on any atom is -0.395 e. The number of thiophene rings is 1. The summed E-state index contributed by atoms with van der Waals surface area (Å²) in [6, 6.07) is 1.95. The van der Waals surface area contributed by atoms with Gasteiger partial charge in [0.2, 0.25) is 5.91 Å². The van der Waals surface area contributed by atoms with Crippen molar-refractivity contribution in [1.82, 2.24) is 20.3 Å². The molecular formula is C14H16N4O2S. The van der Waals surface area contributed by atoms with Gasteiger partial charge in [0.15, 0.2) is 0 Å². The van der Waals surface area contributed by atoms with E-state index in [-0.39, 0.29) is 12.5 Å². The molecule has 2 N–H and O–H groups in total. The van der Waals surface area contributed by atoms with E-state index in [2.05, 4.69) is 27.5 Å². The van der Waals surface area contributed by atoms with Crippen LogP contribution in [-0.4, -0.2) is 32.6 Å². The molecule has 0 spiro atoms. The van der Waals surface area contributed by atoms with E-state index in [9.17, 15) is 4.79 Å². The van der Waals surface area contributed by atoms with Crippen molar-refractivity contribution in [3.8, 4) is 11.8 Å². The molecule has 0 radical (unpaired) electrons. The lowest BCUT2D eigenvalue weighted by Crippen LogP contribution is -2.23. The van der Waals surface area contributed by atoms with Gasteiger partial charge < -0.3 is 10.4 Å². The third kappa shape index (κ3) is 5.38. The molecule has 1 amide bonds. The predicted octanol–water partition coefficient (Wildman–Crippen LogP) is 0.780. The molecule has 0 saturated heterocycles. The summed E-state index contributed by atoms with van der Waals surface area (Å²) in [6.45, 7) is 1.10. The van der Waals surface area contributed by atoms with Crippen molar-refractivity contribution in [2.45, 2.75) is 25.9 Å². The summed E-state index contributed by atoms with van der Waals surface area (Å²) in [4.78, 5) is 12.8. The van der Waals surface area contributed by atoms with Gasteiger partial charge in [0.1, 0.15) is 0 Å². The highest BCUT2D eigenvalue weighted by atomic mass is 32.1. The number of nitrogens with zero attached hydrogens (tertiary/aromatic N) is 3. The number of hydrogen-bond acceptors (Lipinski definition) is 5. The molecule has 0 aliphatic heterocycles. The van der Waals surface area contributed by atoms with Crippen LogP contribution in [0.3, 0.4) is 0 Å². The van der Waals surface area contributed by atoms with Crippen LogP contribution in [0.15, 0.2) is 23.8 Å². The van der Waals surface area contributed by atoms with Gasteiger partial charge in [-0.15, -0.1) is 16.4 Å². The Bertz CT molecular complexity index is 625. The Balaban J connectivity index is 1.72. The van der Waals surface area contributed by atoms with Crippen molar-refractivity contribution in [3.63, 3.8) is 0 Å². The molecule has 0 unspecified atom stereocenters. The summed E-state index contributed by atoms with van der Waals surface area (Å²) in [7, 11) is 0. The summed E-state index contributed by atoms with van der Waals surface area (Å²) < 4.78 is 1.62. The molecular weight excluding hydrogens is 288 g/mol. The van der Waals surface area contributed by atoms with Crippen molar-refractivity contribution in [2.75, 3.05) is 6.61 Å². The first-order valence-corrected chi connectivity index (χ1v) is 7.44. The summed E-state index contributed by atoms with van der Waals surface area (Å²) in [5, 5.41) is 20.9. The fourth-order valence-electron chi connectivity index (χ4n) is 1.60. The van der Waals surface area contributed by atoms with Gasteiger partial charge in [0.25, 0.3) is 0 Å². The Morgan fingerprint density at radius 2 is 2.43 bits per heavy atom. The molecule has 2 heterocycles. The maximum Gasteiger partial charge on any atom is 0.222 e. The highest BCUT2D eigenvalue weighted by Crippen LogP contribution is 2.13. The number of aromatic nitrogens is 3. The molecule has 21 heavy (non-hydrogen) atoms. The van der Waals surface area contributed by atoms with Gasteiger partial charge in [-0.05, 0) is 6.07 Å². The highest BCUT2D eigenvalue weighted by Gasteiger charge is 2.04. The zero-order valence-corrected chi connectivity index (χ0v) is 12.3. The van der Waals surface area contributed by atoms with Gasteiger partial charge in [-0.25, -0.2) is 0 Å². The summed E-state index contributed by atoms with van der Waals surface area (Å²) in [5.74, 6) is 5.81. The minimum atomic E-state index is -0.0215. The van der Waals surface area contributed by atoms with Crippen LogP contribution in [0.25, 0.3) is 0 Å². The Labute approximate surface area is 126 Å². The second-order valence-corrected chi connectivity index (χ2v) is 5.27. The molecule has 0 fully saturated rings. The van der Waals surface area contributed by atoms with Crippen molar-refractivity contribution in [1.29, 1.82) is 0 Å². The van der Waals surface area contributed by atoms with Gasteiger partial charge in [0, 0.05) is 34.9 Å². The molecule has 110 valence electrons. The molecule has 7 heteroatoms. The van der Waals surface area contributed by atoms with Gasteiger partial charge in [0.05, 0.1) is 25.9 Å². The van der Waals surface area contributed by atoms with Crippen molar-refractivity contribution in [2.24, 2.45) is 0 Å². The number of amides is 1. The smallest absolute Gasteiger partial charge is 0.222 e. The van der Waals surface area contributed by atoms with Crippen molar-refractivity contribution >= 4 is 17.2 Å². The molecule has 2 aromatic heterocycles. The summed E-state index contributed by atoms with van der Waals surface area (Å²) in [6.07, 6.45) is 4.16. The maximum atomic E-state index is 11.7. The van der Waals surface area contributed by atoms with Crippen LogP contribution in [0.4, 0.5) is 0 Å². The maximum absolute atomic E-state index is 11.7. The first kappa shape index (κ1) is 15.2. The van der Waals surface area contributed by atoms with Gasteiger partial charge in [-0.2, -0.15) is 0 Å². The van der Waals surface area contributed by atoms with Crippen LogP contribution in [0.5, 0.6) is 0 Å². The lowest BCUT2D eigenvalue weighted by atomic mass is 10.3. The van der Waals surface area contributed by atoms with E-state index in [4.69, 9.17) is 5.11 Å². The lowest BCUT2D eigenvalue weighted by molar-refractivity contribution is -0.121. The molecule has 0 aliphatic rings. The van der Waals surface area contributed by atoms with E-state index in [0.717, 1.165) is 10.4 Å². The first-order chi connectivity index (χ1) is 10.3. The van der Waals surface area contributed by atoms with Crippen LogP contribution in [-0.2, 0) is 17.9 Å². The monoisotopic (exact) mass is 304 g/mol. The number of aryl methyl sites for hydroxylation is 1. The van der Waals surface area contributed by atoms with Crippen LogP contribution >= 0.6 is 11.3 Å². The first-order valence-electron chi connectivity index (χ1n) is 6.56. The molecule has 0 aliphatic carbocycles. The number of aliphatic hydroxyl groups is 1. The normalized spacial score (nSPS) is 9.95. The number of aliphatic hydroxyl groups excluding tert-OH is 1. The Hall–Kier alpha value is -2.17. The van der Waals surface area contributed by atoms with E-state index in [0.29, 0.717) is 25.9 Å². The minimum absolute atomic E-state index is 0.0215. The average molecular weight is 304 g/mol. The van der Waals surface area contributed by atoms with E-state index in [1.807, 2.05) is 11.4 Å². The van der Waals surface area contributed by atoms with E-state index in [1.54, 1.807) is 28.4 Å². The molecule has 0 saturated carbocycles. The standard InChI is InChI=1S/C14H16N4O2S/c19-8-2-1-3-12-9-13(21-11-12)10-15-14(20)4-6-18-7-5-16-17-18/h5,7,9,11,19H,2,4,6,8,10H2,(H,15,20). The predicted molar refractivity (Wildman–Crippen MR) is 79.4 cm³/mol. The molecule has 0 atom stereocenters. The van der Waals surface area contributed by atoms with E-state index < -0.39 is 0 Å². The SMILES string of the molecule is O=C(CCn1ccnn1)NCc1cc(C#CCCO)cs1. The highest BCUT2D eigenvalue weighted by molar-refractivity contribution is 7.10. The zero-order valence-electron chi connectivity index (χ0n) is 11.5. The van der Waals surface area contributed by atoms with Crippen molar-refractivity contribution in [3.05, 3.63) is 34.3 Å². The number of carbonyl (C=O) groups excluding carboxylic acids is 1. The van der Waals surface area contributed by atoms with Crippen LogP contribution in [0.2, 0.25) is 0 Å². The topological polar surface area (TPSA) is 80.0 Å². The molecule has 2 rings (SSSR count). The fourth-order valence-corrected chi connectivity index (χ4v) is 2.36. The van der Waals surface area contributed by atoms with Crippen molar-refractivity contribution < 1.29 is 9.90 Å². The summed E-state index contributed by atoms with van der Waals surface area (Å²) >= 11 is 1.56. The van der Waals surface area contributed by atoms with E-state index in [1.165, 1.54) is 0 Å². The molecule has 0 aromatic carbocycles. The number of carbonyl (C=O) groups is 1. The zero-order chi connectivity index (χ0) is 14.9. The average Bonchev–Trinajstić information content (AvgIpc) is 3.15. The fraction of sp³-hybridized carbons (Fsp3) is 0.357. The molecule has 2 aromatic rings. The third-order valence-electron chi connectivity index (χ3n) is 2.62. The number of rotatable bonds is 6. The van der Waals surface area contributed by atoms with Gasteiger partial charge in [-0.3, -0.25) is 9.48 Å². The van der Waals surface area contributed by atoms with Gasteiger partial charge in [-0.1, -0.05) is 17.1 Å². The van der Waals surface area contributed by atoms with E-state index >= 15 is 0 Å². The van der Waals surface area contributed by atoms with Crippen LogP contribution < -0.4 is 5.32 Å². The van der Waals surface area contributed by atoms with Crippen LogP contribution in [0, 0.1) is 11.8 Å². The Morgan fingerprint density at radius 3 is 3.19 bits per heavy atom. The summed E-state index contributed by atoms with van der Waals surface area (Å²) in [5.41, 5.74) is 0.917. The Kier molecular flexibility index (Phi) is 5.94. The second kappa shape index (κ2) is 8.19. The number of hydrogen-bond donors (Lipinski definition) is 2.